The topological polar surface area (TPSA) is 20.2 Å². The maximum absolute atomic E-state index is 9.81. The van der Waals surface area contributed by atoms with Crippen LogP contribution in [0.3, 0.4) is 0 Å². The van der Waals surface area contributed by atoms with Gasteiger partial charge in [0.1, 0.15) is 0 Å². The van der Waals surface area contributed by atoms with Crippen molar-refractivity contribution < 1.29 is 5.11 Å². The first kappa shape index (κ1) is 10.6. The summed E-state index contributed by atoms with van der Waals surface area (Å²) >= 11 is 0. The Bertz CT molecular complexity index is 190. The van der Waals surface area contributed by atoms with Crippen molar-refractivity contribution >= 4 is 17.4 Å². The summed E-state index contributed by atoms with van der Waals surface area (Å²) < 4.78 is 0. The molecule has 2 fully saturated rings. The molecular formula is C10H21AlO. The Labute approximate surface area is 85.7 Å². The molecule has 0 aromatic rings. The quantitative estimate of drug-likeness (QED) is 0.557. The normalized spacial score (nSPS) is 49.0. The van der Waals surface area contributed by atoms with Gasteiger partial charge in [-0.05, 0) is 36.0 Å². The van der Waals surface area contributed by atoms with E-state index in [4.69, 9.17) is 0 Å². The van der Waals surface area contributed by atoms with Crippen molar-refractivity contribution in [3.05, 3.63) is 0 Å². The van der Waals surface area contributed by atoms with Crippen molar-refractivity contribution in [3.8, 4) is 0 Å². The second-order valence-corrected chi connectivity index (χ2v) is 5.13. The smallest absolute Gasteiger partial charge is 0.187 e. The lowest BCUT2D eigenvalue weighted by molar-refractivity contribution is 0.0126. The minimum atomic E-state index is -0.0313. The molecule has 0 heterocycles. The predicted octanol–water partition coefficient (Wildman–Crippen LogP) is 1.01. The Morgan fingerprint density at radius 2 is 1.83 bits per heavy atom. The maximum atomic E-state index is 9.81. The van der Waals surface area contributed by atoms with Crippen molar-refractivity contribution in [2.75, 3.05) is 0 Å². The van der Waals surface area contributed by atoms with Crippen molar-refractivity contribution in [1.29, 1.82) is 0 Å². The van der Waals surface area contributed by atoms with Crippen LogP contribution in [0.25, 0.3) is 0 Å². The van der Waals surface area contributed by atoms with Crippen molar-refractivity contribution in [1.82, 2.24) is 0 Å². The SMILES string of the molecule is CC1(C)[C@@H]2CC[C@@]1(C)[C@@H](O)C2.[AlH3]. The van der Waals surface area contributed by atoms with Crippen LogP contribution in [0.15, 0.2) is 0 Å². The van der Waals surface area contributed by atoms with E-state index in [1.165, 1.54) is 12.8 Å². The lowest BCUT2D eigenvalue weighted by Gasteiger charge is -2.36. The van der Waals surface area contributed by atoms with Crippen LogP contribution >= 0.6 is 0 Å². The molecule has 0 aliphatic heterocycles. The summed E-state index contributed by atoms with van der Waals surface area (Å²) in [6, 6.07) is 0. The van der Waals surface area contributed by atoms with Crippen LogP contribution in [0.4, 0.5) is 0 Å². The molecule has 3 atom stereocenters. The second kappa shape index (κ2) is 2.74. The Morgan fingerprint density at radius 1 is 1.25 bits per heavy atom. The standard InChI is InChI=1S/C10H18O.Al.3H/c1-9(2)7-4-5-10(9,3)8(11)6-7;;;;/h7-8,11H,4-6H2,1-3H3;;;;/t7-,8+,10+;;;;/m1..../s1. The highest BCUT2D eigenvalue weighted by molar-refractivity contribution is 5.75. The van der Waals surface area contributed by atoms with Gasteiger partial charge in [0.25, 0.3) is 0 Å². The molecule has 0 saturated heterocycles. The third-order valence-corrected chi connectivity index (χ3v) is 4.75. The summed E-state index contributed by atoms with van der Waals surface area (Å²) in [6.45, 7) is 6.90. The van der Waals surface area contributed by atoms with Crippen LogP contribution < -0.4 is 0 Å². The molecule has 0 amide bonds. The number of aliphatic hydroxyl groups excluding tert-OH is 1. The van der Waals surface area contributed by atoms with Gasteiger partial charge in [0.2, 0.25) is 0 Å². The molecule has 0 spiro atoms. The summed E-state index contributed by atoms with van der Waals surface area (Å²) in [6.07, 6.45) is 3.58. The molecule has 1 nitrogen and oxygen atoms in total. The molecule has 1 N–H and O–H groups in total. The Hall–Kier alpha value is 0.492. The van der Waals surface area contributed by atoms with Gasteiger partial charge in [-0.1, -0.05) is 20.8 Å². The molecule has 0 radical (unpaired) electrons. The number of hydrogen-bond donors (Lipinski definition) is 1. The predicted molar refractivity (Wildman–Crippen MR) is 55.2 cm³/mol. The van der Waals surface area contributed by atoms with E-state index in [1.807, 2.05) is 0 Å². The molecule has 2 saturated carbocycles. The lowest BCUT2D eigenvalue weighted by atomic mass is 9.70. The Kier molecular flexibility index (Phi) is 2.41. The molecule has 0 aromatic carbocycles. The van der Waals surface area contributed by atoms with E-state index >= 15 is 0 Å². The van der Waals surface area contributed by atoms with Crippen LogP contribution in [0.2, 0.25) is 0 Å². The molecule has 0 unspecified atom stereocenters. The summed E-state index contributed by atoms with van der Waals surface area (Å²) in [5.41, 5.74) is 0.601. The van der Waals surface area contributed by atoms with Gasteiger partial charge in [-0.3, -0.25) is 0 Å². The van der Waals surface area contributed by atoms with Crippen LogP contribution in [0.5, 0.6) is 0 Å². The van der Waals surface area contributed by atoms with Gasteiger partial charge in [0.05, 0.1) is 6.10 Å². The van der Waals surface area contributed by atoms with E-state index in [9.17, 15) is 5.11 Å². The molecule has 2 heteroatoms. The number of fused-ring (bicyclic) bond motifs is 2. The van der Waals surface area contributed by atoms with Crippen LogP contribution in [0.1, 0.15) is 40.0 Å². The van der Waals surface area contributed by atoms with Gasteiger partial charge in [0.15, 0.2) is 17.4 Å². The first-order chi connectivity index (χ1) is 4.98. The average molecular weight is 184 g/mol. The molecule has 2 aliphatic rings. The van der Waals surface area contributed by atoms with Gasteiger partial charge in [-0.2, -0.15) is 0 Å². The first-order valence-electron chi connectivity index (χ1n) is 4.66. The fourth-order valence-corrected chi connectivity index (χ4v) is 3.16. The van der Waals surface area contributed by atoms with E-state index < -0.39 is 0 Å². The van der Waals surface area contributed by atoms with Crippen molar-refractivity contribution in [2.24, 2.45) is 16.7 Å². The second-order valence-electron chi connectivity index (χ2n) is 5.13. The van der Waals surface area contributed by atoms with Crippen LogP contribution in [0, 0.1) is 16.7 Å². The largest absolute Gasteiger partial charge is 0.393 e. The Morgan fingerprint density at radius 3 is 2.00 bits per heavy atom. The molecule has 2 rings (SSSR count). The van der Waals surface area contributed by atoms with E-state index in [0.717, 1.165) is 12.3 Å². The van der Waals surface area contributed by atoms with E-state index in [1.54, 1.807) is 0 Å². The minimum Gasteiger partial charge on any atom is -0.393 e. The zero-order valence-corrected chi connectivity index (χ0v) is 7.72. The molecular weight excluding hydrogens is 163 g/mol. The molecule has 12 heavy (non-hydrogen) atoms. The molecule has 0 aromatic heterocycles. The first-order valence-corrected chi connectivity index (χ1v) is 4.66. The van der Waals surface area contributed by atoms with Gasteiger partial charge in [-0.25, -0.2) is 0 Å². The summed E-state index contributed by atoms with van der Waals surface area (Å²) in [5.74, 6) is 0.780. The number of rotatable bonds is 0. The lowest BCUT2D eigenvalue weighted by Crippen LogP contribution is -2.35. The average Bonchev–Trinajstić information content (AvgIpc) is 2.20. The van der Waals surface area contributed by atoms with E-state index in [2.05, 4.69) is 20.8 Å². The minimum absolute atomic E-state index is 0. The Balaban J connectivity index is 0.000000720. The van der Waals surface area contributed by atoms with E-state index in [0.29, 0.717) is 5.41 Å². The number of aliphatic hydroxyl groups is 1. The van der Waals surface area contributed by atoms with Gasteiger partial charge in [0, 0.05) is 0 Å². The highest BCUT2D eigenvalue weighted by Crippen LogP contribution is 2.65. The van der Waals surface area contributed by atoms with Gasteiger partial charge in [-0.15, -0.1) is 0 Å². The highest BCUT2D eigenvalue weighted by Gasteiger charge is 2.60. The third-order valence-electron chi connectivity index (χ3n) is 4.75. The monoisotopic (exact) mass is 184 g/mol. The number of hydrogen-bond acceptors (Lipinski definition) is 1. The zero-order valence-electron chi connectivity index (χ0n) is 7.72. The van der Waals surface area contributed by atoms with Crippen LogP contribution in [-0.2, 0) is 0 Å². The van der Waals surface area contributed by atoms with Crippen molar-refractivity contribution in [3.63, 3.8) is 0 Å². The molecule has 70 valence electrons. The third kappa shape index (κ3) is 0.953. The van der Waals surface area contributed by atoms with Crippen molar-refractivity contribution in [2.45, 2.75) is 46.1 Å². The summed E-state index contributed by atoms with van der Waals surface area (Å²) in [4.78, 5) is 0. The molecule has 2 aliphatic carbocycles. The fourth-order valence-electron chi connectivity index (χ4n) is 3.16. The fraction of sp³-hybridized carbons (Fsp3) is 1.00. The van der Waals surface area contributed by atoms with Gasteiger partial charge >= 0.3 is 0 Å². The summed E-state index contributed by atoms with van der Waals surface area (Å²) in [7, 11) is 0. The maximum Gasteiger partial charge on any atom is 0.187 e. The van der Waals surface area contributed by atoms with Crippen LogP contribution in [-0.4, -0.2) is 28.6 Å². The zero-order chi connectivity index (χ0) is 8.28. The summed E-state index contributed by atoms with van der Waals surface area (Å²) in [5, 5.41) is 9.81. The molecule has 2 bridgehead atoms. The highest BCUT2D eigenvalue weighted by atomic mass is 27.0. The van der Waals surface area contributed by atoms with E-state index in [-0.39, 0.29) is 28.9 Å². The van der Waals surface area contributed by atoms with Gasteiger partial charge < -0.3 is 5.11 Å².